The molecule has 1 N–H and O–H groups in total. The number of aryl methyl sites for hydroxylation is 1. The molecule has 1 atom stereocenters. The first-order valence-electron chi connectivity index (χ1n) is 11.5. The number of hydrogen-bond donors (Lipinski definition) is 1. The number of thiocarbonyl (C=S) groups is 1. The summed E-state index contributed by atoms with van der Waals surface area (Å²) in [5.41, 5.74) is 4.26. The van der Waals surface area contributed by atoms with E-state index in [1.807, 2.05) is 4.52 Å². The molecule has 1 aromatic carbocycles. The molecule has 2 aliphatic rings. The van der Waals surface area contributed by atoms with Crippen molar-refractivity contribution >= 4 is 33.9 Å². The smallest absolute Gasteiger partial charge is 0.184 e. The lowest BCUT2D eigenvalue weighted by Crippen LogP contribution is -2.46. The summed E-state index contributed by atoms with van der Waals surface area (Å²) >= 11 is 5.88. The summed E-state index contributed by atoms with van der Waals surface area (Å²) in [5, 5.41) is 18.1. The van der Waals surface area contributed by atoms with Crippen LogP contribution in [0, 0.1) is 0 Å². The zero-order chi connectivity index (χ0) is 21.2. The van der Waals surface area contributed by atoms with Gasteiger partial charge in [0.2, 0.25) is 0 Å². The molecule has 31 heavy (non-hydrogen) atoms. The van der Waals surface area contributed by atoms with E-state index in [9.17, 15) is 0 Å². The maximum atomic E-state index is 5.88. The van der Waals surface area contributed by atoms with Gasteiger partial charge in [-0.2, -0.15) is 4.52 Å². The van der Waals surface area contributed by atoms with Crippen LogP contribution in [0.2, 0.25) is 0 Å². The van der Waals surface area contributed by atoms with E-state index in [-0.39, 0.29) is 6.10 Å². The number of benzene rings is 1. The van der Waals surface area contributed by atoms with E-state index in [2.05, 4.69) is 56.9 Å². The fourth-order valence-electron chi connectivity index (χ4n) is 4.92. The van der Waals surface area contributed by atoms with E-state index in [1.165, 1.54) is 36.6 Å². The Bertz CT molecular complexity index is 1070. The van der Waals surface area contributed by atoms with Gasteiger partial charge < -0.3 is 15.0 Å². The molecular weight excluding hydrogens is 408 g/mol. The second-order valence-corrected chi connectivity index (χ2v) is 9.10. The summed E-state index contributed by atoms with van der Waals surface area (Å²) < 4.78 is 7.63. The minimum atomic E-state index is 0.268. The minimum Gasteiger partial charge on any atom is -0.376 e. The number of hydrogen-bond acceptors (Lipinski definition) is 5. The van der Waals surface area contributed by atoms with Crippen LogP contribution in [0.25, 0.3) is 16.6 Å². The molecule has 1 aliphatic heterocycles. The predicted octanol–water partition coefficient (Wildman–Crippen LogP) is 3.64. The average molecular weight is 439 g/mol. The normalized spacial score (nSPS) is 19.5. The molecule has 8 heteroatoms. The van der Waals surface area contributed by atoms with Crippen molar-refractivity contribution in [3.63, 3.8) is 0 Å². The molecule has 2 fully saturated rings. The summed E-state index contributed by atoms with van der Waals surface area (Å²) in [4.78, 5) is 2.36. The Hall–Kier alpha value is -2.32. The number of tetrazole rings is 1. The second-order valence-electron chi connectivity index (χ2n) is 8.72. The lowest BCUT2D eigenvalue weighted by atomic mass is 10.1. The van der Waals surface area contributed by atoms with Gasteiger partial charge in [-0.15, -0.1) is 5.10 Å². The number of nitrogens with zero attached hydrogens (tertiary/aromatic N) is 5. The van der Waals surface area contributed by atoms with Crippen LogP contribution in [0.3, 0.4) is 0 Å². The average Bonchev–Trinajstić information content (AvgIpc) is 3.57. The lowest BCUT2D eigenvalue weighted by molar-refractivity contribution is 0.113. The molecule has 0 spiro atoms. The third kappa shape index (κ3) is 4.23. The van der Waals surface area contributed by atoms with Crippen molar-refractivity contribution in [2.75, 3.05) is 13.2 Å². The van der Waals surface area contributed by atoms with Gasteiger partial charge in [0.05, 0.1) is 11.6 Å². The van der Waals surface area contributed by atoms with Crippen LogP contribution in [0.4, 0.5) is 0 Å². The predicted molar refractivity (Wildman–Crippen MR) is 125 cm³/mol. The molecule has 1 saturated carbocycles. The molecule has 0 radical (unpaired) electrons. The number of fused-ring (bicyclic) bond motifs is 3. The molecule has 5 rings (SSSR count). The SMILES string of the molecule is CCc1ccc2c(c1)cc(CN(C(=S)NCC1CCCO1)C1CCCC1)c1nnnn12. The quantitative estimate of drug-likeness (QED) is 0.589. The van der Waals surface area contributed by atoms with Crippen molar-refractivity contribution < 1.29 is 4.74 Å². The molecule has 3 aromatic rings. The number of pyridine rings is 1. The van der Waals surface area contributed by atoms with Gasteiger partial charge in [-0.3, -0.25) is 0 Å². The van der Waals surface area contributed by atoms with Crippen molar-refractivity contribution in [2.24, 2.45) is 0 Å². The van der Waals surface area contributed by atoms with Gasteiger partial charge in [-0.1, -0.05) is 25.8 Å². The molecule has 1 aliphatic carbocycles. The summed E-state index contributed by atoms with van der Waals surface area (Å²) in [6, 6.07) is 9.21. The number of nitrogens with one attached hydrogen (secondary N) is 1. The van der Waals surface area contributed by atoms with Gasteiger partial charge in [0.15, 0.2) is 10.8 Å². The fourth-order valence-corrected chi connectivity index (χ4v) is 5.22. The van der Waals surface area contributed by atoms with E-state index >= 15 is 0 Å². The zero-order valence-electron chi connectivity index (χ0n) is 18.1. The van der Waals surface area contributed by atoms with Crippen molar-refractivity contribution in [1.29, 1.82) is 0 Å². The number of rotatable bonds is 6. The van der Waals surface area contributed by atoms with Crippen LogP contribution < -0.4 is 5.32 Å². The molecule has 7 nitrogen and oxygen atoms in total. The van der Waals surface area contributed by atoms with Crippen molar-refractivity contribution in [1.82, 2.24) is 30.3 Å². The first kappa shape index (κ1) is 20.6. The van der Waals surface area contributed by atoms with Crippen molar-refractivity contribution in [3.8, 4) is 0 Å². The topological polar surface area (TPSA) is 67.6 Å². The van der Waals surface area contributed by atoms with E-state index in [0.29, 0.717) is 12.6 Å². The Balaban J connectivity index is 1.45. The lowest BCUT2D eigenvalue weighted by Gasteiger charge is -2.32. The minimum absolute atomic E-state index is 0.268. The van der Waals surface area contributed by atoms with Gasteiger partial charge in [-0.05, 0) is 78.5 Å². The Morgan fingerprint density at radius 3 is 2.87 bits per heavy atom. The molecule has 2 aromatic heterocycles. The number of ether oxygens (including phenoxy) is 1. The van der Waals surface area contributed by atoms with Crippen LogP contribution in [-0.2, 0) is 17.7 Å². The highest BCUT2D eigenvalue weighted by molar-refractivity contribution is 7.80. The van der Waals surface area contributed by atoms with E-state index in [4.69, 9.17) is 17.0 Å². The summed E-state index contributed by atoms with van der Waals surface area (Å²) in [6.45, 7) is 4.53. The zero-order valence-corrected chi connectivity index (χ0v) is 18.9. The monoisotopic (exact) mass is 438 g/mol. The third-order valence-corrected chi connectivity index (χ3v) is 7.07. The highest BCUT2D eigenvalue weighted by Gasteiger charge is 2.27. The summed E-state index contributed by atoms with van der Waals surface area (Å²) in [5.74, 6) is 0. The van der Waals surface area contributed by atoms with Crippen molar-refractivity contribution in [3.05, 3.63) is 35.4 Å². The Morgan fingerprint density at radius 2 is 2.10 bits per heavy atom. The first-order valence-corrected chi connectivity index (χ1v) is 11.9. The Labute approximate surface area is 188 Å². The molecular formula is C23H30N6OS. The Morgan fingerprint density at radius 1 is 1.23 bits per heavy atom. The second kappa shape index (κ2) is 9.04. The van der Waals surface area contributed by atoms with E-state index in [0.717, 1.165) is 54.3 Å². The molecule has 0 bridgehead atoms. The highest BCUT2D eigenvalue weighted by atomic mass is 32.1. The Kier molecular flexibility index (Phi) is 6.00. The summed E-state index contributed by atoms with van der Waals surface area (Å²) in [7, 11) is 0. The van der Waals surface area contributed by atoms with Crippen LogP contribution in [0.1, 0.15) is 56.6 Å². The van der Waals surface area contributed by atoms with Crippen LogP contribution >= 0.6 is 12.2 Å². The maximum Gasteiger partial charge on any atom is 0.184 e. The number of aromatic nitrogens is 4. The van der Waals surface area contributed by atoms with Crippen LogP contribution in [-0.4, -0.2) is 55.4 Å². The van der Waals surface area contributed by atoms with Gasteiger partial charge in [0, 0.05) is 36.7 Å². The summed E-state index contributed by atoms with van der Waals surface area (Å²) in [6.07, 6.45) is 8.39. The van der Waals surface area contributed by atoms with Gasteiger partial charge >= 0.3 is 0 Å². The first-order chi connectivity index (χ1) is 15.2. The van der Waals surface area contributed by atoms with Crippen LogP contribution in [0.15, 0.2) is 24.3 Å². The van der Waals surface area contributed by atoms with E-state index < -0.39 is 0 Å². The van der Waals surface area contributed by atoms with Gasteiger partial charge in [0.25, 0.3) is 0 Å². The highest BCUT2D eigenvalue weighted by Crippen LogP contribution is 2.28. The maximum absolute atomic E-state index is 5.88. The molecule has 3 heterocycles. The standard InChI is InChI=1S/C23H30N6OS/c1-2-16-9-10-21-17(12-16)13-18(22-25-26-27-29(21)22)15-28(19-6-3-4-7-19)23(31)24-14-20-8-5-11-30-20/h9-10,12-13,19-20H,2-8,11,14-15H2,1H3,(H,24,31). The fraction of sp³-hybridized carbons (Fsp3) is 0.565. The molecule has 1 saturated heterocycles. The van der Waals surface area contributed by atoms with Gasteiger partial charge in [-0.25, -0.2) is 0 Å². The van der Waals surface area contributed by atoms with Crippen molar-refractivity contribution in [2.45, 2.75) is 70.6 Å². The molecule has 1 unspecified atom stereocenters. The third-order valence-electron chi connectivity index (χ3n) is 6.69. The molecule has 164 valence electrons. The molecule has 0 amide bonds. The largest absolute Gasteiger partial charge is 0.376 e. The van der Waals surface area contributed by atoms with E-state index in [1.54, 1.807) is 0 Å². The van der Waals surface area contributed by atoms with Gasteiger partial charge in [0.1, 0.15) is 0 Å². The van der Waals surface area contributed by atoms with Crippen LogP contribution in [0.5, 0.6) is 0 Å².